The molecule has 2 aromatic rings. The summed E-state index contributed by atoms with van der Waals surface area (Å²) in [6.07, 6.45) is 1.61. The first-order valence-electron chi connectivity index (χ1n) is 7.53. The van der Waals surface area contributed by atoms with Crippen LogP contribution in [0, 0.1) is 0 Å². The van der Waals surface area contributed by atoms with Gasteiger partial charge in [0.1, 0.15) is 5.76 Å². The number of hydrogen-bond donors (Lipinski definition) is 1. The highest BCUT2D eigenvalue weighted by atomic mass is 35.5. The van der Waals surface area contributed by atoms with Gasteiger partial charge in [0.15, 0.2) is 5.75 Å². The summed E-state index contributed by atoms with van der Waals surface area (Å²) < 4.78 is 10.8. The molecule has 0 aliphatic carbocycles. The number of carbonyl (C=O) groups excluding carboxylic acids is 1. The number of nitrogens with one attached hydrogen (secondary N) is 1. The molecule has 1 aromatic heterocycles. The maximum absolute atomic E-state index is 12.4. The van der Waals surface area contributed by atoms with Crippen molar-refractivity contribution in [2.24, 2.45) is 0 Å². The number of likely N-dealkylation sites (N-methyl/N-ethyl adjacent to an activating group) is 1. The Labute approximate surface area is 151 Å². The summed E-state index contributed by atoms with van der Waals surface area (Å²) in [5.74, 6) is 0.905. The monoisotopic (exact) mass is 370 g/mol. The van der Waals surface area contributed by atoms with Gasteiger partial charge in [-0.15, -0.1) is 0 Å². The molecule has 1 aromatic carbocycles. The lowest BCUT2D eigenvalue weighted by atomic mass is 10.1. The van der Waals surface area contributed by atoms with Gasteiger partial charge in [-0.1, -0.05) is 23.2 Å². The Morgan fingerprint density at radius 1 is 1.33 bits per heavy atom. The van der Waals surface area contributed by atoms with Crippen LogP contribution in [0.3, 0.4) is 0 Å². The number of halogens is 2. The highest BCUT2D eigenvalue weighted by Crippen LogP contribution is 2.34. The Kier molecular flexibility index (Phi) is 6.54. The van der Waals surface area contributed by atoms with Gasteiger partial charge in [-0.2, -0.15) is 0 Å². The number of carbonyl (C=O) groups is 1. The molecule has 5 nitrogen and oxygen atoms in total. The van der Waals surface area contributed by atoms with Crippen molar-refractivity contribution in [3.63, 3.8) is 0 Å². The summed E-state index contributed by atoms with van der Waals surface area (Å²) in [5.41, 5.74) is 0.380. The van der Waals surface area contributed by atoms with Gasteiger partial charge in [0.2, 0.25) is 0 Å². The number of amides is 1. The number of nitrogens with zero attached hydrogens (tertiary/aromatic N) is 1. The van der Waals surface area contributed by atoms with Gasteiger partial charge in [-0.25, -0.2) is 0 Å². The van der Waals surface area contributed by atoms with E-state index < -0.39 is 0 Å². The van der Waals surface area contributed by atoms with Gasteiger partial charge in [0, 0.05) is 12.1 Å². The van der Waals surface area contributed by atoms with E-state index in [1.54, 1.807) is 18.4 Å². The van der Waals surface area contributed by atoms with Crippen molar-refractivity contribution in [1.29, 1.82) is 0 Å². The lowest BCUT2D eigenvalue weighted by Crippen LogP contribution is -2.34. The van der Waals surface area contributed by atoms with Gasteiger partial charge >= 0.3 is 0 Å². The quantitative estimate of drug-likeness (QED) is 0.799. The van der Waals surface area contributed by atoms with Crippen LogP contribution in [0.1, 0.15) is 29.1 Å². The fourth-order valence-corrected chi connectivity index (χ4v) is 2.88. The molecule has 1 atom stereocenters. The largest absolute Gasteiger partial charge is 0.491 e. The second-order valence-electron chi connectivity index (χ2n) is 5.41. The molecule has 0 spiro atoms. The van der Waals surface area contributed by atoms with E-state index in [4.69, 9.17) is 32.4 Å². The van der Waals surface area contributed by atoms with Crippen LogP contribution in [0.4, 0.5) is 0 Å². The molecule has 0 aliphatic rings. The van der Waals surface area contributed by atoms with E-state index in [2.05, 4.69) is 5.32 Å². The van der Waals surface area contributed by atoms with E-state index in [9.17, 15) is 4.79 Å². The number of rotatable bonds is 7. The highest BCUT2D eigenvalue weighted by Gasteiger charge is 2.19. The topological polar surface area (TPSA) is 54.7 Å². The predicted molar refractivity (Wildman–Crippen MR) is 95.1 cm³/mol. The van der Waals surface area contributed by atoms with Crippen molar-refractivity contribution in [3.05, 3.63) is 51.9 Å². The van der Waals surface area contributed by atoms with E-state index in [-0.39, 0.29) is 11.9 Å². The molecule has 0 saturated carbocycles. The molecule has 1 N–H and O–H groups in total. The summed E-state index contributed by atoms with van der Waals surface area (Å²) in [5, 5.41) is 3.50. The average molecular weight is 371 g/mol. The highest BCUT2D eigenvalue weighted by molar-refractivity contribution is 6.37. The Morgan fingerprint density at radius 3 is 2.50 bits per heavy atom. The summed E-state index contributed by atoms with van der Waals surface area (Å²) in [7, 11) is 3.84. The molecule has 7 heteroatoms. The SMILES string of the molecule is CCOc1c(Cl)cc(C(=O)NCC(c2ccco2)N(C)C)cc1Cl. The summed E-state index contributed by atoms with van der Waals surface area (Å²) in [6, 6.07) is 6.72. The molecule has 0 radical (unpaired) electrons. The molecule has 0 saturated heterocycles. The Hall–Kier alpha value is -1.69. The third-order valence-electron chi connectivity index (χ3n) is 3.50. The van der Waals surface area contributed by atoms with Crippen LogP contribution < -0.4 is 10.1 Å². The van der Waals surface area contributed by atoms with E-state index in [0.29, 0.717) is 34.5 Å². The molecule has 1 amide bonds. The second-order valence-corrected chi connectivity index (χ2v) is 6.22. The fourth-order valence-electron chi connectivity index (χ4n) is 2.28. The molecule has 24 heavy (non-hydrogen) atoms. The van der Waals surface area contributed by atoms with E-state index in [1.165, 1.54) is 0 Å². The molecule has 1 heterocycles. The van der Waals surface area contributed by atoms with Gasteiger partial charge in [0.25, 0.3) is 5.91 Å². The predicted octanol–water partition coefficient (Wildman–Crippen LogP) is 4.02. The minimum Gasteiger partial charge on any atom is -0.491 e. The van der Waals surface area contributed by atoms with E-state index >= 15 is 0 Å². The maximum Gasteiger partial charge on any atom is 0.251 e. The van der Waals surface area contributed by atoms with Crippen LogP contribution in [-0.4, -0.2) is 38.1 Å². The zero-order valence-electron chi connectivity index (χ0n) is 13.8. The van der Waals surface area contributed by atoms with Crippen molar-refractivity contribution in [1.82, 2.24) is 10.2 Å². The normalized spacial score (nSPS) is 12.2. The molecule has 2 rings (SSSR count). The third-order valence-corrected chi connectivity index (χ3v) is 4.06. The average Bonchev–Trinajstić information content (AvgIpc) is 3.04. The molecular weight excluding hydrogens is 351 g/mol. The third kappa shape index (κ3) is 4.44. The van der Waals surface area contributed by atoms with E-state index in [1.807, 2.05) is 38.1 Å². The Bertz CT molecular complexity index is 664. The molecule has 0 fully saturated rings. The van der Waals surface area contributed by atoms with E-state index in [0.717, 1.165) is 5.76 Å². The van der Waals surface area contributed by atoms with Crippen LogP contribution in [0.5, 0.6) is 5.75 Å². The first kappa shape index (κ1) is 18.6. The lowest BCUT2D eigenvalue weighted by Gasteiger charge is -2.22. The van der Waals surface area contributed by atoms with Gasteiger partial charge < -0.3 is 14.5 Å². The first-order valence-corrected chi connectivity index (χ1v) is 8.29. The minimum absolute atomic E-state index is 0.0717. The van der Waals surface area contributed by atoms with Gasteiger partial charge in [-0.3, -0.25) is 9.69 Å². The second kappa shape index (κ2) is 8.42. The van der Waals surface area contributed by atoms with Gasteiger partial charge in [0.05, 0.1) is 29.0 Å². The molecule has 0 aliphatic heterocycles. The maximum atomic E-state index is 12.4. The van der Waals surface area contributed by atoms with Crippen molar-refractivity contribution >= 4 is 29.1 Å². The molecular formula is C17H20Cl2N2O3. The first-order chi connectivity index (χ1) is 11.4. The lowest BCUT2D eigenvalue weighted by molar-refractivity contribution is 0.0939. The summed E-state index contributed by atoms with van der Waals surface area (Å²) in [4.78, 5) is 14.4. The Balaban J connectivity index is 2.09. The zero-order chi connectivity index (χ0) is 17.7. The van der Waals surface area contributed by atoms with Crippen LogP contribution in [0.25, 0.3) is 0 Å². The van der Waals surface area contributed by atoms with Crippen LogP contribution in [0.15, 0.2) is 34.9 Å². The fraction of sp³-hybridized carbons (Fsp3) is 0.353. The van der Waals surface area contributed by atoms with Crippen LogP contribution in [0.2, 0.25) is 10.0 Å². The number of furan rings is 1. The smallest absolute Gasteiger partial charge is 0.251 e. The minimum atomic E-state index is -0.264. The number of hydrogen-bond acceptors (Lipinski definition) is 4. The van der Waals surface area contributed by atoms with Crippen molar-refractivity contribution in [2.45, 2.75) is 13.0 Å². The Morgan fingerprint density at radius 2 is 2.00 bits per heavy atom. The number of ether oxygens (including phenoxy) is 1. The molecule has 130 valence electrons. The summed E-state index contributed by atoms with van der Waals surface area (Å²) >= 11 is 12.3. The molecule has 0 bridgehead atoms. The van der Waals surface area contributed by atoms with Crippen molar-refractivity contribution < 1.29 is 13.9 Å². The van der Waals surface area contributed by atoms with Crippen LogP contribution >= 0.6 is 23.2 Å². The standard InChI is InChI=1S/C17H20Cl2N2O3/c1-4-23-16-12(18)8-11(9-13(16)19)17(22)20-10-14(21(2)3)15-6-5-7-24-15/h5-9,14H,4,10H2,1-3H3,(H,20,22). The van der Waals surface area contributed by atoms with Crippen molar-refractivity contribution in [2.75, 3.05) is 27.2 Å². The molecule has 1 unspecified atom stereocenters. The van der Waals surface area contributed by atoms with Gasteiger partial charge in [-0.05, 0) is 45.3 Å². The number of benzene rings is 1. The zero-order valence-corrected chi connectivity index (χ0v) is 15.3. The van der Waals surface area contributed by atoms with Crippen molar-refractivity contribution in [3.8, 4) is 5.75 Å². The van der Waals surface area contributed by atoms with Crippen LogP contribution in [-0.2, 0) is 0 Å². The summed E-state index contributed by atoms with van der Waals surface area (Å²) in [6.45, 7) is 2.67.